The van der Waals surface area contributed by atoms with Crippen LogP contribution in [0.25, 0.3) is 11.3 Å². The topological polar surface area (TPSA) is 146 Å². The minimum Gasteiger partial charge on any atom is -0.465 e. The maximum atomic E-state index is 13.0. The van der Waals surface area contributed by atoms with Crippen LogP contribution in [0.1, 0.15) is 48.6 Å². The minimum atomic E-state index is -1.17. The van der Waals surface area contributed by atoms with E-state index >= 15 is 0 Å². The van der Waals surface area contributed by atoms with Crippen LogP contribution >= 0.6 is 11.6 Å². The van der Waals surface area contributed by atoms with Gasteiger partial charge in [-0.3, -0.25) is 10.1 Å². The van der Waals surface area contributed by atoms with Crippen molar-refractivity contribution in [1.29, 1.82) is 0 Å². The molecule has 1 fully saturated rings. The molecule has 1 aromatic heterocycles. The van der Waals surface area contributed by atoms with Crippen LogP contribution in [0.5, 0.6) is 0 Å². The van der Waals surface area contributed by atoms with E-state index < -0.39 is 23.8 Å². The Morgan fingerprint density at radius 2 is 1.85 bits per heavy atom. The van der Waals surface area contributed by atoms with Gasteiger partial charge in [-0.15, -0.1) is 0 Å². The number of anilines is 1. The zero-order valence-corrected chi connectivity index (χ0v) is 23.2. The zero-order chi connectivity index (χ0) is 28.9. The average molecular weight is 570 g/mol. The van der Waals surface area contributed by atoms with E-state index in [2.05, 4.69) is 20.6 Å². The molecule has 12 heteroatoms. The molecule has 40 heavy (non-hydrogen) atoms. The Morgan fingerprint density at radius 1 is 1.15 bits per heavy atom. The van der Waals surface area contributed by atoms with Crippen molar-refractivity contribution in [3.63, 3.8) is 0 Å². The third kappa shape index (κ3) is 7.73. The van der Waals surface area contributed by atoms with Gasteiger partial charge >= 0.3 is 12.2 Å². The van der Waals surface area contributed by atoms with E-state index in [1.807, 2.05) is 6.07 Å². The normalized spacial score (nSPS) is 14.3. The number of carbonyl (C=O) groups excluding carboxylic acids is 2. The van der Waals surface area contributed by atoms with Crippen LogP contribution in [0.3, 0.4) is 0 Å². The van der Waals surface area contributed by atoms with E-state index in [9.17, 15) is 14.4 Å². The number of imidazole rings is 1. The number of carboxylic acid groups (broad SMARTS) is 1. The summed E-state index contributed by atoms with van der Waals surface area (Å²) in [5.41, 5.74) is 2.13. The number of hydrogen-bond acceptors (Lipinski definition) is 6. The maximum absolute atomic E-state index is 13.0. The molecule has 0 unspecified atom stereocenters. The van der Waals surface area contributed by atoms with E-state index in [1.54, 1.807) is 68.1 Å². The van der Waals surface area contributed by atoms with Crippen LogP contribution in [0.15, 0.2) is 48.5 Å². The van der Waals surface area contributed by atoms with Crippen LogP contribution in [0, 0.1) is 0 Å². The van der Waals surface area contributed by atoms with E-state index in [0.717, 1.165) is 5.56 Å². The standard InChI is InChI=1S/C28H32ClN5O6/c1-28(2,3)40-27(38)31-21(16-17-5-4-6-19(15-17)25(35)34-11-13-39-14-12-34)24-32-22(23(29)33-24)18-7-9-20(10-8-18)30-26(36)37/h4-10,15,21,30H,11-14,16H2,1-3H3,(H,31,38)(H,32,33)(H,36,37)/t21-/m0/s1. The van der Waals surface area contributed by atoms with Crippen molar-refractivity contribution in [2.75, 3.05) is 31.6 Å². The molecule has 3 amide bonds. The molecule has 11 nitrogen and oxygen atoms in total. The second-order valence-corrected chi connectivity index (χ2v) is 10.7. The molecule has 1 aliphatic rings. The van der Waals surface area contributed by atoms with E-state index in [0.29, 0.717) is 61.1 Å². The van der Waals surface area contributed by atoms with Crippen LogP contribution in [-0.4, -0.2) is 70.0 Å². The Balaban J connectivity index is 1.60. The van der Waals surface area contributed by atoms with Crippen molar-refractivity contribution < 1.29 is 29.0 Å². The van der Waals surface area contributed by atoms with Crippen LogP contribution in [0.4, 0.5) is 15.3 Å². The lowest BCUT2D eigenvalue weighted by atomic mass is 10.0. The summed E-state index contributed by atoms with van der Waals surface area (Å²) in [6, 6.07) is 13.2. The van der Waals surface area contributed by atoms with Crippen molar-refractivity contribution in [3.05, 3.63) is 70.6 Å². The third-order valence-corrected chi connectivity index (χ3v) is 6.29. The Kier molecular flexibility index (Phi) is 8.96. The summed E-state index contributed by atoms with van der Waals surface area (Å²) < 4.78 is 10.8. The highest BCUT2D eigenvalue weighted by Gasteiger charge is 2.25. The maximum Gasteiger partial charge on any atom is 0.409 e. The van der Waals surface area contributed by atoms with Gasteiger partial charge in [-0.25, -0.2) is 14.6 Å². The summed E-state index contributed by atoms with van der Waals surface area (Å²) >= 11 is 6.51. The second kappa shape index (κ2) is 12.4. The van der Waals surface area contributed by atoms with Gasteiger partial charge in [0.05, 0.1) is 19.3 Å². The third-order valence-electron chi connectivity index (χ3n) is 6.02. The minimum absolute atomic E-state index is 0.0778. The van der Waals surface area contributed by atoms with Gasteiger partial charge in [0.15, 0.2) is 0 Å². The lowest BCUT2D eigenvalue weighted by Gasteiger charge is -2.27. The number of rotatable bonds is 7. The van der Waals surface area contributed by atoms with Crippen molar-refractivity contribution in [2.24, 2.45) is 0 Å². The Morgan fingerprint density at radius 3 is 2.50 bits per heavy atom. The number of aromatic amines is 1. The van der Waals surface area contributed by atoms with Crippen molar-refractivity contribution in [2.45, 2.75) is 38.8 Å². The summed E-state index contributed by atoms with van der Waals surface area (Å²) in [4.78, 5) is 46.2. The Bertz CT molecular complexity index is 1360. The summed E-state index contributed by atoms with van der Waals surface area (Å²) in [6.45, 7) is 7.40. The fourth-order valence-electron chi connectivity index (χ4n) is 4.24. The highest BCUT2D eigenvalue weighted by Crippen LogP contribution is 2.30. The molecule has 212 valence electrons. The number of morpholine rings is 1. The predicted octanol–water partition coefficient (Wildman–Crippen LogP) is 5.10. The van der Waals surface area contributed by atoms with Gasteiger partial charge in [-0.1, -0.05) is 35.9 Å². The summed E-state index contributed by atoms with van der Waals surface area (Å²) in [5, 5.41) is 14.3. The number of carbonyl (C=O) groups is 3. The lowest BCUT2D eigenvalue weighted by molar-refractivity contribution is 0.0302. The largest absolute Gasteiger partial charge is 0.465 e. The number of aromatic nitrogens is 2. The fraction of sp³-hybridized carbons (Fsp3) is 0.357. The monoisotopic (exact) mass is 569 g/mol. The second-order valence-electron chi connectivity index (χ2n) is 10.3. The van der Waals surface area contributed by atoms with Gasteiger partial charge in [0, 0.05) is 36.3 Å². The molecular formula is C28H32ClN5O6. The number of halogens is 1. The highest BCUT2D eigenvalue weighted by molar-refractivity contribution is 6.31. The number of alkyl carbamates (subject to hydrolysis) is 1. The van der Waals surface area contributed by atoms with Gasteiger partial charge in [-0.05, 0) is 50.6 Å². The Hall–Kier alpha value is -4.09. The molecule has 1 aliphatic heterocycles. The van der Waals surface area contributed by atoms with Gasteiger partial charge in [0.2, 0.25) is 0 Å². The van der Waals surface area contributed by atoms with Crippen molar-refractivity contribution in [3.8, 4) is 11.3 Å². The highest BCUT2D eigenvalue weighted by atomic mass is 35.5. The molecule has 0 saturated carbocycles. The van der Waals surface area contributed by atoms with E-state index in [4.69, 9.17) is 26.2 Å². The molecule has 1 atom stereocenters. The number of ether oxygens (including phenoxy) is 2. The first kappa shape index (κ1) is 28.9. The molecule has 1 saturated heterocycles. The van der Waals surface area contributed by atoms with E-state index in [1.165, 1.54) is 0 Å². The van der Waals surface area contributed by atoms with Crippen molar-refractivity contribution in [1.82, 2.24) is 20.2 Å². The summed E-state index contributed by atoms with van der Waals surface area (Å²) in [6.07, 6.45) is -1.50. The summed E-state index contributed by atoms with van der Waals surface area (Å²) in [5.74, 6) is 0.314. The average Bonchev–Trinajstić information content (AvgIpc) is 3.29. The molecule has 4 N–H and O–H groups in total. The number of benzene rings is 2. The van der Waals surface area contributed by atoms with E-state index in [-0.39, 0.29) is 11.1 Å². The van der Waals surface area contributed by atoms with Gasteiger partial charge in [0.1, 0.15) is 22.3 Å². The van der Waals surface area contributed by atoms with Gasteiger partial charge in [0.25, 0.3) is 5.91 Å². The zero-order valence-electron chi connectivity index (χ0n) is 22.5. The first-order valence-corrected chi connectivity index (χ1v) is 13.2. The van der Waals surface area contributed by atoms with Gasteiger partial charge in [-0.2, -0.15) is 0 Å². The smallest absolute Gasteiger partial charge is 0.409 e. The molecule has 0 bridgehead atoms. The number of H-pyrrole nitrogens is 1. The summed E-state index contributed by atoms with van der Waals surface area (Å²) in [7, 11) is 0. The molecule has 4 rings (SSSR count). The molecule has 0 radical (unpaired) electrons. The van der Waals surface area contributed by atoms with Crippen LogP contribution < -0.4 is 10.6 Å². The molecule has 0 spiro atoms. The molecule has 2 heterocycles. The molecule has 3 aromatic rings. The molecule has 0 aliphatic carbocycles. The van der Waals surface area contributed by atoms with Crippen LogP contribution in [0.2, 0.25) is 5.15 Å². The predicted molar refractivity (Wildman–Crippen MR) is 150 cm³/mol. The van der Waals surface area contributed by atoms with Gasteiger partial charge < -0.3 is 29.8 Å². The fourth-order valence-corrected chi connectivity index (χ4v) is 4.49. The lowest BCUT2D eigenvalue weighted by Crippen LogP contribution is -2.40. The SMILES string of the molecule is CC(C)(C)OC(=O)N[C@@H](Cc1cccc(C(=O)N2CCOCC2)c1)c1nc(-c2ccc(NC(=O)O)cc2)c(Cl)[nH]1. The van der Waals surface area contributed by atoms with Crippen molar-refractivity contribution >= 4 is 35.4 Å². The Labute approximate surface area is 236 Å². The van der Waals surface area contributed by atoms with Crippen LogP contribution in [-0.2, 0) is 15.9 Å². The number of amides is 3. The number of hydrogen-bond donors (Lipinski definition) is 4. The first-order chi connectivity index (χ1) is 19.0. The number of nitrogens with zero attached hydrogens (tertiary/aromatic N) is 2. The molecular weight excluding hydrogens is 538 g/mol. The molecule has 2 aromatic carbocycles. The number of nitrogens with one attached hydrogen (secondary N) is 3. The quantitative estimate of drug-likeness (QED) is 0.309. The first-order valence-electron chi connectivity index (χ1n) is 12.8.